The summed E-state index contributed by atoms with van der Waals surface area (Å²) >= 11 is 2.72. The molecule has 2 aromatic rings. The molecule has 7 nitrogen and oxygen atoms in total. The van der Waals surface area contributed by atoms with Crippen LogP contribution in [0.1, 0.15) is 13.8 Å². The van der Waals surface area contributed by atoms with Crippen molar-refractivity contribution >= 4 is 45.7 Å². The number of benzene rings is 1. The number of thioether (sulfide) groups is 1. The fourth-order valence-corrected chi connectivity index (χ4v) is 3.88. The molecular weight excluding hydrogens is 370 g/mol. The van der Waals surface area contributed by atoms with Gasteiger partial charge in [-0.15, -0.1) is 10.2 Å². The van der Waals surface area contributed by atoms with Gasteiger partial charge in [0.2, 0.25) is 16.9 Å². The zero-order valence-corrected chi connectivity index (χ0v) is 16.8. The summed E-state index contributed by atoms with van der Waals surface area (Å²) in [5.41, 5.74) is 0.936. The van der Waals surface area contributed by atoms with Crippen LogP contribution >= 0.6 is 23.1 Å². The summed E-state index contributed by atoms with van der Waals surface area (Å²) in [4.78, 5) is 27.5. The highest BCUT2D eigenvalue weighted by Gasteiger charge is 2.17. The van der Waals surface area contributed by atoms with E-state index in [1.807, 2.05) is 44.2 Å². The van der Waals surface area contributed by atoms with Gasteiger partial charge in [0, 0.05) is 25.8 Å². The maximum atomic E-state index is 12.2. The van der Waals surface area contributed by atoms with E-state index in [1.54, 1.807) is 11.9 Å². The molecule has 2 rings (SSSR count). The third kappa shape index (κ3) is 5.99. The first-order chi connectivity index (χ1) is 12.5. The van der Waals surface area contributed by atoms with Crippen molar-refractivity contribution in [1.29, 1.82) is 0 Å². The van der Waals surface area contributed by atoms with Gasteiger partial charge in [0.15, 0.2) is 4.34 Å². The van der Waals surface area contributed by atoms with Crippen molar-refractivity contribution in [3.63, 3.8) is 0 Å². The SMILES string of the molecule is CCN(CC)C(=O)CN(C)C(=O)CSc1nnc(Nc2ccccc2)s1. The molecule has 0 saturated heterocycles. The molecule has 0 atom stereocenters. The summed E-state index contributed by atoms with van der Waals surface area (Å²) < 4.78 is 0.709. The smallest absolute Gasteiger partial charge is 0.242 e. The Bertz CT molecular complexity index is 719. The predicted molar refractivity (Wildman–Crippen MR) is 106 cm³/mol. The number of nitrogens with zero attached hydrogens (tertiary/aromatic N) is 4. The second-order valence-electron chi connectivity index (χ2n) is 5.47. The van der Waals surface area contributed by atoms with Crippen molar-refractivity contribution in [3.05, 3.63) is 30.3 Å². The Labute approximate surface area is 161 Å². The number of likely N-dealkylation sites (N-methyl/N-ethyl adjacent to an activating group) is 2. The number of para-hydroxylation sites is 1. The van der Waals surface area contributed by atoms with Gasteiger partial charge in [-0.2, -0.15) is 0 Å². The lowest BCUT2D eigenvalue weighted by Gasteiger charge is -2.23. The molecule has 2 amide bonds. The van der Waals surface area contributed by atoms with Crippen LogP contribution in [0, 0.1) is 0 Å². The Morgan fingerprint density at radius 2 is 1.81 bits per heavy atom. The molecule has 0 aliphatic carbocycles. The minimum absolute atomic E-state index is 0.0406. The number of anilines is 2. The van der Waals surface area contributed by atoms with Crippen LogP contribution in [0.3, 0.4) is 0 Å². The lowest BCUT2D eigenvalue weighted by Crippen LogP contribution is -2.41. The first-order valence-corrected chi connectivity index (χ1v) is 10.1. The van der Waals surface area contributed by atoms with Crippen molar-refractivity contribution < 1.29 is 9.59 Å². The summed E-state index contributed by atoms with van der Waals surface area (Å²) in [5, 5.41) is 12.0. The van der Waals surface area contributed by atoms with Gasteiger partial charge in [-0.05, 0) is 26.0 Å². The highest BCUT2D eigenvalue weighted by Crippen LogP contribution is 2.27. The van der Waals surface area contributed by atoms with Gasteiger partial charge in [0.1, 0.15) is 0 Å². The lowest BCUT2D eigenvalue weighted by molar-refractivity contribution is -0.137. The van der Waals surface area contributed by atoms with Crippen molar-refractivity contribution in [2.45, 2.75) is 18.2 Å². The normalized spacial score (nSPS) is 10.4. The molecule has 26 heavy (non-hydrogen) atoms. The Hall–Kier alpha value is -2.13. The van der Waals surface area contributed by atoms with Gasteiger partial charge >= 0.3 is 0 Å². The minimum Gasteiger partial charge on any atom is -0.342 e. The van der Waals surface area contributed by atoms with Crippen LogP contribution in [-0.2, 0) is 9.59 Å². The van der Waals surface area contributed by atoms with Gasteiger partial charge in [0.25, 0.3) is 0 Å². The molecule has 9 heteroatoms. The Morgan fingerprint density at radius 3 is 2.46 bits per heavy atom. The van der Waals surface area contributed by atoms with Crippen LogP contribution in [0.15, 0.2) is 34.7 Å². The van der Waals surface area contributed by atoms with E-state index in [0.717, 1.165) is 5.69 Å². The number of rotatable bonds is 9. The van der Waals surface area contributed by atoms with E-state index < -0.39 is 0 Å². The Balaban J connectivity index is 1.81. The van der Waals surface area contributed by atoms with Crippen LogP contribution in [0.25, 0.3) is 0 Å². The van der Waals surface area contributed by atoms with Crippen molar-refractivity contribution in [1.82, 2.24) is 20.0 Å². The molecule has 1 aromatic carbocycles. The number of carbonyl (C=O) groups excluding carboxylic acids is 2. The van der Waals surface area contributed by atoms with Crippen molar-refractivity contribution in [3.8, 4) is 0 Å². The van der Waals surface area contributed by atoms with Crippen LogP contribution in [0.2, 0.25) is 0 Å². The zero-order valence-electron chi connectivity index (χ0n) is 15.1. The van der Waals surface area contributed by atoms with Gasteiger partial charge in [-0.1, -0.05) is 41.3 Å². The number of amides is 2. The molecule has 0 spiro atoms. The first kappa shape index (κ1) is 20.2. The molecule has 0 unspecified atom stereocenters. The summed E-state index contributed by atoms with van der Waals surface area (Å²) in [6, 6.07) is 9.71. The van der Waals surface area contributed by atoms with E-state index in [4.69, 9.17) is 0 Å². The first-order valence-electron chi connectivity index (χ1n) is 8.33. The van der Waals surface area contributed by atoms with Gasteiger partial charge in [0.05, 0.1) is 12.3 Å². The maximum absolute atomic E-state index is 12.2. The van der Waals surface area contributed by atoms with E-state index in [-0.39, 0.29) is 24.1 Å². The average molecular weight is 394 g/mol. The molecule has 0 saturated carbocycles. The van der Waals surface area contributed by atoms with Crippen molar-refractivity contribution in [2.75, 3.05) is 37.8 Å². The Morgan fingerprint density at radius 1 is 1.12 bits per heavy atom. The topological polar surface area (TPSA) is 78.4 Å². The quantitative estimate of drug-likeness (QED) is 0.660. The molecule has 1 aromatic heterocycles. The molecule has 0 fully saturated rings. The summed E-state index contributed by atoms with van der Waals surface area (Å²) in [6.07, 6.45) is 0. The molecule has 1 N–H and O–H groups in total. The average Bonchev–Trinajstić information content (AvgIpc) is 3.08. The number of carbonyl (C=O) groups is 2. The molecule has 1 heterocycles. The minimum atomic E-state index is -0.108. The van der Waals surface area contributed by atoms with Crippen molar-refractivity contribution in [2.24, 2.45) is 0 Å². The van der Waals surface area contributed by atoms with E-state index in [2.05, 4.69) is 15.5 Å². The fraction of sp³-hybridized carbons (Fsp3) is 0.412. The molecular formula is C17H23N5O2S2. The van der Waals surface area contributed by atoms with Gasteiger partial charge in [-0.25, -0.2) is 0 Å². The second kappa shape index (κ2) is 10.1. The van der Waals surface area contributed by atoms with E-state index >= 15 is 0 Å². The van der Waals surface area contributed by atoms with Crippen LogP contribution in [-0.4, -0.2) is 64.2 Å². The fourth-order valence-electron chi connectivity index (χ4n) is 2.16. The third-order valence-electron chi connectivity index (χ3n) is 3.66. The number of hydrogen-bond donors (Lipinski definition) is 1. The van der Waals surface area contributed by atoms with Crippen LogP contribution in [0.5, 0.6) is 0 Å². The van der Waals surface area contributed by atoms with E-state index in [1.165, 1.54) is 28.0 Å². The van der Waals surface area contributed by atoms with Crippen LogP contribution in [0.4, 0.5) is 10.8 Å². The highest BCUT2D eigenvalue weighted by atomic mass is 32.2. The molecule has 0 aliphatic heterocycles. The predicted octanol–water partition coefficient (Wildman–Crippen LogP) is 2.70. The standard InChI is InChI=1S/C17H23N5O2S2/c1-4-22(5-2)14(23)11-21(3)15(24)12-25-17-20-19-16(26-17)18-13-9-7-6-8-10-13/h6-10H,4-5,11-12H2,1-3H3,(H,18,19). The zero-order chi connectivity index (χ0) is 18.9. The number of hydrogen-bond acceptors (Lipinski definition) is 7. The molecule has 0 aliphatic rings. The second-order valence-corrected chi connectivity index (χ2v) is 7.67. The van der Waals surface area contributed by atoms with Gasteiger partial charge in [-0.3, -0.25) is 9.59 Å². The molecule has 140 valence electrons. The number of aromatic nitrogens is 2. The molecule has 0 radical (unpaired) electrons. The highest BCUT2D eigenvalue weighted by molar-refractivity contribution is 8.01. The number of nitrogens with one attached hydrogen (secondary N) is 1. The third-order valence-corrected chi connectivity index (χ3v) is 5.62. The summed E-state index contributed by atoms with van der Waals surface area (Å²) in [5.74, 6) is 0.0755. The lowest BCUT2D eigenvalue weighted by atomic mass is 10.3. The van der Waals surface area contributed by atoms with E-state index in [9.17, 15) is 9.59 Å². The maximum Gasteiger partial charge on any atom is 0.242 e. The Kier molecular flexibility index (Phi) is 7.86. The monoisotopic (exact) mass is 393 g/mol. The summed E-state index contributed by atoms with van der Waals surface area (Å²) in [7, 11) is 1.65. The summed E-state index contributed by atoms with van der Waals surface area (Å²) in [6.45, 7) is 5.24. The largest absolute Gasteiger partial charge is 0.342 e. The van der Waals surface area contributed by atoms with Crippen LogP contribution < -0.4 is 5.32 Å². The van der Waals surface area contributed by atoms with E-state index in [0.29, 0.717) is 22.6 Å². The van der Waals surface area contributed by atoms with Gasteiger partial charge < -0.3 is 15.1 Å². The molecule has 0 bridgehead atoms.